The Morgan fingerprint density at radius 3 is 2.71 bits per heavy atom. The molecule has 1 fully saturated rings. The lowest BCUT2D eigenvalue weighted by molar-refractivity contribution is 0.0701. The highest BCUT2D eigenvalue weighted by Crippen LogP contribution is 2.32. The molecule has 1 aromatic heterocycles. The number of aromatic carboxylic acids is 1. The average Bonchev–Trinajstić information content (AvgIpc) is 2.68. The van der Waals surface area contributed by atoms with Crippen molar-refractivity contribution in [3.63, 3.8) is 0 Å². The zero-order valence-electron chi connectivity index (χ0n) is 12.3. The molecule has 0 bridgehead atoms. The lowest BCUT2D eigenvalue weighted by atomic mass is 10.1. The summed E-state index contributed by atoms with van der Waals surface area (Å²) in [7, 11) is -3.59. The predicted molar refractivity (Wildman–Crippen MR) is 82.5 cm³/mol. The Labute approximate surface area is 129 Å². The third-order valence-corrected chi connectivity index (χ3v) is 7.57. The Kier molecular flexibility index (Phi) is 5.06. The van der Waals surface area contributed by atoms with Gasteiger partial charge in [-0.05, 0) is 37.8 Å². The maximum Gasteiger partial charge on any atom is 0.346 e. The first-order valence-electron chi connectivity index (χ1n) is 7.23. The lowest BCUT2D eigenvalue weighted by Crippen LogP contribution is -2.39. The molecule has 2 heterocycles. The van der Waals surface area contributed by atoms with Gasteiger partial charge in [0.25, 0.3) is 10.0 Å². The highest BCUT2D eigenvalue weighted by atomic mass is 32.2. The SMILES string of the molecule is CCC1CCCCCN1S(=O)(=O)c1cc(C)c(C(=O)O)s1. The zero-order chi connectivity index (χ0) is 15.6. The number of hydrogen-bond acceptors (Lipinski definition) is 4. The van der Waals surface area contributed by atoms with E-state index in [1.165, 1.54) is 6.07 Å². The molecule has 0 aromatic carbocycles. The fraction of sp³-hybridized carbons (Fsp3) is 0.643. The molecule has 1 aromatic rings. The van der Waals surface area contributed by atoms with Crippen molar-refractivity contribution in [3.8, 4) is 0 Å². The van der Waals surface area contributed by atoms with Crippen molar-refractivity contribution in [3.05, 3.63) is 16.5 Å². The smallest absolute Gasteiger partial charge is 0.346 e. The minimum Gasteiger partial charge on any atom is -0.477 e. The summed E-state index contributed by atoms with van der Waals surface area (Å²) in [6, 6.07) is 1.51. The van der Waals surface area contributed by atoms with Crippen LogP contribution >= 0.6 is 11.3 Å². The first kappa shape index (κ1) is 16.5. The van der Waals surface area contributed by atoms with E-state index in [1.807, 2.05) is 6.92 Å². The van der Waals surface area contributed by atoms with Gasteiger partial charge in [-0.3, -0.25) is 0 Å². The molecule has 0 amide bonds. The predicted octanol–water partition coefficient (Wildman–Crippen LogP) is 3.10. The van der Waals surface area contributed by atoms with Gasteiger partial charge in [0.1, 0.15) is 9.09 Å². The molecule has 0 aliphatic carbocycles. The van der Waals surface area contributed by atoms with Crippen LogP contribution in [0.3, 0.4) is 0 Å². The van der Waals surface area contributed by atoms with Gasteiger partial charge in [-0.2, -0.15) is 4.31 Å². The molecule has 0 spiro atoms. The molecule has 0 radical (unpaired) electrons. The number of carboxylic acid groups (broad SMARTS) is 1. The number of nitrogens with zero attached hydrogens (tertiary/aromatic N) is 1. The van der Waals surface area contributed by atoms with Crippen molar-refractivity contribution in [2.24, 2.45) is 0 Å². The van der Waals surface area contributed by atoms with Crippen molar-refractivity contribution in [2.45, 2.75) is 56.2 Å². The van der Waals surface area contributed by atoms with Gasteiger partial charge in [-0.1, -0.05) is 19.8 Å². The van der Waals surface area contributed by atoms with E-state index < -0.39 is 16.0 Å². The number of rotatable bonds is 4. The van der Waals surface area contributed by atoms with Crippen LogP contribution in [-0.4, -0.2) is 36.4 Å². The zero-order valence-corrected chi connectivity index (χ0v) is 14.0. The summed E-state index contributed by atoms with van der Waals surface area (Å²) in [5.41, 5.74) is 0.508. The molecule has 1 atom stereocenters. The quantitative estimate of drug-likeness (QED) is 0.920. The number of thiophene rings is 1. The summed E-state index contributed by atoms with van der Waals surface area (Å²) >= 11 is 0.858. The second kappa shape index (κ2) is 6.46. The average molecular weight is 331 g/mol. The number of carbonyl (C=O) groups is 1. The van der Waals surface area contributed by atoms with Crippen LogP contribution in [0.4, 0.5) is 0 Å². The minimum atomic E-state index is -3.59. The van der Waals surface area contributed by atoms with Gasteiger partial charge in [-0.15, -0.1) is 11.3 Å². The largest absolute Gasteiger partial charge is 0.477 e. The van der Waals surface area contributed by atoms with Gasteiger partial charge in [-0.25, -0.2) is 13.2 Å². The lowest BCUT2D eigenvalue weighted by Gasteiger charge is -2.27. The summed E-state index contributed by atoms with van der Waals surface area (Å²) in [6.45, 7) is 4.17. The molecule has 21 heavy (non-hydrogen) atoms. The van der Waals surface area contributed by atoms with E-state index in [0.29, 0.717) is 12.1 Å². The highest BCUT2D eigenvalue weighted by Gasteiger charge is 2.33. The first-order valence-corrected chi connectivity index (χ1v) is 9.49. The van der Waals surface area contributed by atoms with Crippen LogP contribution in [-0.2, 0) is 10.0 Å². The number of aryl methyl sites for hydroxylation is 1. The Morgan fingerprint density at radius 1 is 1.43 bits per heavy atom. The van der Waals surface area contributed by atoms with Crippen molar-refractivity contribution in [2.75, 3.05) is 6.54 Å². The van der Waals surface area contributed by atoms with Gasteiger partial charge in [0.05, 0.1) is 0 Å². The minimum absolute atomic E-state index is 0.0215. The van der Waals surface area contributed by atoms with Crippen molar-refractivity contribution in [1.29, 1.82) is 0 Å². The van der Waals surface area contributed by atoms with Gasteiger partial charge in [0.2, 0.25) is 0 Å². The molecule has 118 valence electrons. The summed E-state index contributed by atoms with van der Waals surface area (Å²) in [6.07, 6.45) is 4.63. The van der Waals surface area contributed by atoms with Crippen LogP contribution in [0.15, 0.2) is 10.3 Å². The van der Waals surface area contributed by atoms with Crippen LogP contribution < -0.4 is 0 Å². The van der Waals surface area contributed by atoms with Gasteiger partial charge in [0, 0.05) is 12.6 Å². The Morgan fingerprint density at radius 2 is 2.14 bits per heavy atom. The van der Waals surface area contributed by atoms with Gasteiger partial charge >= 0.3 is 5.97 Å². The van der Waals surface area contributed by atoms with Crippen LogP contribution in [0, 0.1) is 6.92 Å². The number of hydrogen-bond donors (Lipinski definition) is 1. The van der Waals surface area contributed by atoms with Crippen molar-refractivity contribution >= 4 is 27.3 Å². The molecule has 0 saturated carbocycles. The third kappa shape index (κ3) is 3.30. The molecule has 2 rings (SSSR count). The van der Waals surface area contributed by atoms with Gasteiger partial charge < -0.3 is 5.11 Å². The Hall–Kier alpha value is -0.920. The summed E-state index contributed by atoms with van der Waals surface area (Å²) in [5.74, 6) is -1.07. The highest BCUT2D eigenvalue weighted by molar-refractivity contribution is 7.91. The summed E-state index contributed by atoms with van der Waals surface area (Å²) in [4.78, 5) is 11.2. The van der Waals surface area contributed by atoms with Crippen LogP contribution in [0.5, 0.6) is 0 Å². The molecule has 1 saturated heterocycles. The standard InChI is InChI=1S/C14H21NO4S2/c1-3-11-7-5-4-6-8-15(11)21(18,19)12-9-10(2)13(20-12)14(16)17/h9,11H,3-8H2,1-2H3,(H,16,17). The Balaban J connectivity index is 2.40. The molecular weight excluding hydrogens is 310 g/mol. The van der Waals surface area contributed by atoms with E-state index in [4.69, 9.17) is 5.11 Å². The fourth-order valence-electron chi connectivity index (χ4n) is 2.78. The molecular formula is C14H21NO4S2. The van der Waals surface area contributed by atoms with E-state index in [2.05, 4.69) is 0 Å². The molecule has 1 aliphatic rings. The summed E-state index contributed by atoms with van der Waals surface area (Å²) < 4.78 is 27.4. The molecule has 7 heteroatoms. The second-order valence-corrected chi connectivity index (χ2v) is 8.58. The third-order valence-electron chi connectivity index (χ3n) is 3.95. The van der Waals surface area contributed by atoms with E-state index in [9.17, 15) is 13.2 Å². The number of sulfonamides is 1. The summed E-state index contributed by atoms with van der Waals surface area (Å²) in [5, 5.41) is 9.10. The monoisotopic (exact) mass is 331 g/mol. The van der Waals surface area contributed by atoms with Crippen LogP contribution in [0.2, 0.25) is 0 Å². The van der Waals surface area contributed by atoms with Crippen LogP contribution in [0.1, 0.15) is 54.3 Å². The van der Waals surface area contributed by atoms with E-state index in [0.717, 1.165) is 43.4 Å². The second-order valence-electron chi connectivity index (χ2n) is 5.41. The fourth-order valence-corrected chi connectivity index (χ4v) is 6.06. The van der Waals surface area contributed by atoms with Crippen molar-refractivity contribution in [1.82, 2.24) is 4.31 Å². The molecule has 1 N–H and O–H groups in total. The maximum absolute atomic E-state index is 12.8. The van der Waals surface area contributed by atoms with E-state index >= 15 is 0 Å². The molecule has 1 unspecified atom stereocenters. The van der Waals surface area contributed by atoms with E-state index in [1.54, 1.807) is 11.2 Å². The van der Waals surface area contributed by atoms with E-state index in [-0.39, 0.29) is 15.1 Å². The number of carboxylic acids is 1. The van der Waals surface area contributed by atoms with Crippen molar-refractivity contribution < 1.29 is 18.3 Å². The maximum atomic E-state index is 12.8. The molecule has 5 nitrogen and oxygen atoms in total. The van der Waals surface area contributed by atoms with Gasteiger partial charge in [0.15, 0.2) is 0 Å². The first-order chi connectivity index (χ1) is 9.87. The van der Waals surface area contributed by atoms with Crippen LogP contribution in [0.25, 0.3) is 0 Å². The normalized spacial score (nSPS) is 21.1. The Bertz CT molecular complexity index is 621. The topological polar surface area (TPSA) is 74.7 Å². The molecule has 1 aliphatic heterocycles.